The quantitative estimate of drug-likeness (QED) is 0.914. The van der Waals surface area contributed by atoms with Gasteiger partial charge in [0.25, 0.3) is 0 Å². The summed E-state index contributed by atoms with van der Waals surface area (Å²) in [6.45, 7) is 4.85. The topological polar surface area (TPSA) is 58.4 Å². The summed E-state index contributed by atoms with van der Waals surface area (Å²) in [4.78, 5) is 14.4. The van der Waals surface area contributed by atoms with Crippen molar-refractivity contribution in [1.29, 1.82) is 0 Å². The van der Waals surface area contributed by atoms with Gasteiger partial charge in [-0.05, 0) is 51.5 Å². The molecule has 21 heavy (non-hydrogen) atoms. The normalized spacial score (nSPS) is 23.6. The van der Waals surface area contributed by atoms with Gasteiger partial charge in [-0.3, -0.25) is 9.48 Å². The van der Waals surface area contributed by atoms with Crippen LogP contribution in [0.15, 0.2) is 0 Å². The summed E-state index contributed by atoms with van der Waals surface area (Å²) in [5.41, 5.74) is 2.76. The van der Waals surface area contributed by atoms with Gasteiger partial charge in [0, 0.05) is 25.7 Å². The number of likely N-dealkylation sites (tertiary alicyclic amines) is 1. The third-order valence-electron chi connectivity index (χ3n) is 5.20. The number of hydrogen-bond acceptors (Lipinski definition) is 3. The molecule has 2 fully saturated rings. The number of nitrogens with zero attached hydrogens (tertiary/aromatic N) is 3. The minimum Gasteiger partial charge on any atom is -0.388 e. The van der Waals surface area contributed by atoms with E-state index in [1.54, 1.807) is 0 Å². The second kappa shape index (κ2) is 5.13. The number of carbonyl (C=O) groups excluding carboxylic acids is 1. The van der Waals surface area contributed by atoms with Crippen LogP contribution in [0.3, 0.4) is 0 Å². The lowest BCUT2D eigenvalue weighted by Gasteiger charge is -2.28. The van der Waals surface area contributed by atoms with Gasteiger partial charge in [0.15, 0.2) is 0 Å². The van der Waals surface area contributed by atoms with Crippen LogP contribution in [0, 0.1) is 13.8 Å². The van der Waals surface area contributed by atoms with Gasteiger partial charge in [0.2, 0.25) is 5.91 Å². The summed E-state index contributed by atoms with van der Waals surface area (Å²) >= 11 is 0. The summed E-state index contributed by atoms with van der Waals surface area (Å²) in [6.07, 6.45) is 4.92. The molecule has 1 aromatic rings. The minimum atomic E-state index is -0.577. The number of hydrogen-bond donors (Lipinski definition) is 1. The average molecular weight is 291 g/mol. The predicted octanol–water partition coefficient (Wildman–Crippen LogP) is 1.49. The first-order valence-corrected chi connectivity index (χ1v) is 7.93. The molecule has 1 aliphatic heterocycles. The van der Waals surface area contributed by atoms with E-state index in [-0.39, 0.29) is 11.9 Å². The Morgan fingerprint density at radius 3 is 2.71 bits per heavy atom. The maximum absolute atomic E-state index is 12.5. The van der Waals surface area contributed by atoms with E-state index in [1.807, 2.05) is 30.5 Å². The average Bonchev–Trinajstić information content (AvgIpc) is 2.91. The maximum Gasteiger partial charge on any atom is 0.223 e. The molecule has 1 saturated heterocycles. The Balaban J connectivity index is 1.64. The van der Waals surface area contributed by atoms with Crippen molar-refractivity contribution in [3.05, 3.63) is 17.0 Å². The largest absolute Gasteiger partial charge is 0.388 e. The van der Waals surface area contributed by atoms with Gasteiger partial charge in [-0.15, -0.1) is 0 Å². The van der Waals surface area contributed by atoms with E-state index in [9.17, 15) is 9.90 Å². The van der Waals surface area contributed by atoms with Crippen molar-refractivity contribution in [2.45, 2.75) is 64.0 Å². The van der Waals surface area contributed by atoms with E-state index in [0.29, 0.717) is 6.42 Å². The number of aliphatic hydroxyl groups is 1. The van der Waals surface area contributed by atoms with Crippen LogP contribution in [0.5, 0.6) is 0 Å². The fourth-order valence-corrected chi connectivity index (χ4v) is 3.64. The zero-order chi connectivity index (χ0) is 15.2. The Bertz CT molecular complexity index is 560. The molecular formula is C16H25N3O2. The summed E-state index contributed by atoms with van der Waals surface area (Å²) in [5, 5.41) is 14.7. The molecule has 1 amide bonds. The van der Waals surface area contributed by atoms with Crippen molar-refractivity contribution < 1.29 is 9.90 Å². The summed E-state index contributed by atoms with van der Waals surface area (Å²) in [5.74, 6) is 0.181. The zero-order valence-corrected chi connectivity index (χ0v) is 13.2. The predicted molar refractivity (Wildman–Crippen MR) is 79.9 cm³/mol. The lowest BCUT2D eigenvalue weighted by molar-refractivity contribution is -0.134. The second-order valence-corrected chi connectivity index (χ2v) is 6.62. The third-order valence-corrected chi connectivity index (χ3v) is 5.20. The highest BCUT2D eigenvalue weighted by atomic mass is 16.3. The number of amides is 1. The second-order valence-electron chi connectivity index (χ2n) is 6.62. The molecule has 1 N–H and O–H groups in total. The SMILES string of the molecule is Cc1nn(C)c(C)c1CCC(=O)N1CCCC1C1(O)CC1. The Morgan fingerprint density at radius 2 is 2.14 bits per heavy atom. The molecule has 5 heteroatoms. The third kappa shape index (κ3) is 2.59. The molecule has 1 atom stereocenters. The fraction of sp³-hybridized carbons (Fsp3) is 0.750. The van der Waals surface area contributed by atoms with Crippen LogP contribution >= 0.6 is 0 Å². The molecule has 1 aromatic heterocycles. The van der Waals surface area contributed by atoms with Crippen LogP contribution in [0.25, 0.3) is 0 Å². The molecule has 0 spiro atoms. The van der Waals surface area contributed by atoms with E-state index in [4.69, 9.17) is 0 Å². The van der Waals surface area contributed by atoms with Crippen molar-refractivity contribution in [3.63, 3.8) is 0 Å². The smallest absolute Gasteiger partial charge is 0.223 e. The molecule has 0 radical (unpaired) electrons. The summed E-state index contributed by atoms with van der Waals surface area (Å²) in [7, 11) is 1.94. The molecule has 5 nitrogen and oxygen atoms in total. The van der Waals surface area contributed by atoms with Crippen LogP contribution < -0.4 is 0 Å². The van der Waals surface area contributed by atoms with E-state index in [2.05, 4.69) is 5.10 Å². The summed E-state index contributed by atoms with van der Waals surface area (Å²) in [6, 6.07) is 0.0566. The summed E-state index contributed by atoms with van der Waals surface area (Å²) < 4.78 is 1.88. The molecule has 1 unspecified atom stereocenters. The number of aromatic nitrogens is 2. The van der Waals surface area contributed by atoms with Crippen molar-refractivity contribution in [3.8, 4) is 0 Å². The van der Waals surface area contributed by atoms with E-state index in [0.717, 1.165) is 50.0 Å². The van der Waals surface area contributed by atoms with Gasteiger partial charge >= 0.3 is 0 Å². The van der Waals surface area contributed by atoms with Gasteiger partial charge < -0.3 is 10.0 Å². The van der Waals surface area contributed by atoms with E-state index < -0.39 is 5.60 Å². The molecule has 3 rings (SSSR count). The van der Waals surface area contributed by atoms with Crippen molar-refractivity contribution in [2.75, 3.05) is 6.54 Å². The van der Waals surface area contributed by atoms with Crippen molar-refractivity contribution in [1.82, 2.24) is 14.7 Å². The first-order chi connectivity index (χ1) is 9.92. The standard InChI is InChI=1S/C16H25N3O2/c1-11-13(12(2)18(3)17-11)6-7-15(20)19-10-4-5-14(19)16(21)8-9-16/h14,21H,4-10H2,1-3H3. The minimum absolute atomic E-state index is 0.0566. The molecule has 1 saturated carbocycles. The molecule has 1 aliphatic carbocycles. The first-order valence-electron chi connectivity index (χ1n) is 7.93. The number of rotatable bonds is 4. The highest BCUT2D eigenvalue weighted by Crippen LogP contribution is 2.44. The monoisotopic (exact) mass is 291 g/mol. The van der Waals surface area contributed by atoms with Gasteiger partial charge in [-0.25, -0.2) is 0 Å². The first kappa shape index (κ1) is 14.6. The Morgan fingerprint density at radius 1 is 1.43 bits per heavy atom. The van der Waals surface area contributed by atoms with Crippen molar-refractivity contribution >= 4 is 5.91 Å². The highest BCUT2D eigenvalue weighted by Gasteiger charge is 2.52. The number of aryl methyl sites for hydroxylation is 2. The zero-order valence-electron chi connectivity index (χ0n) is 13.2. The molecular weight excluding hydrogens is 266 g/mol. The molecule has 2 aliphatic rings. The lowest BCUT2D eigenvalue weighted by atomic mass is 10.0. The molecule has 0 bridgehead atoms. The molecule has 116 valence electrons. The van der Waals surface area contributed by atoms with E-state index >= 15 is 0 Å². The van der Waals surface area contributed by atoms with Gasteiger partial charge in [-0.2, -0.15) is 5.10 Å². The molecule has 2 heterocycles. The fourth-order valence-electron chi connectivity index (χ4n) is 3.64. The molecule has 0 aromatic carbocycles. The lowest BCUT2D eigenvalue weighted by Crippen LogP contribution is -2.44. The van der Waals surface area contributed by atoms with Crippen LogP contribution in [0.4, 0.5) is 0 Å². The maximum atomic E-state index is 12.5. The van der Waals surface area contributed by atoms with Crippen LogP contribution in [-0.2, 0) is 18.3 Å². The number of carbonyl (C=O) groups is 1. The van der Waals surface area contributed by atoms with E-state index in [1.165, 1.54) is 5.56 Å². The van der Waals surface area contributed by atoms with Crippen molar-refractivity contribution in [2.24, 2.45) is 7.05 Å². The van der Waals surface area contributed by atoms with Crippen LogP contribution in [0.1, 0.15) is 49.1 Å². The van der Waals surface area contributed by atoms with Crippen LogP contribution in [-0.4, -0.2) is 43.9 Å². The van der Waals surface area contributed by atoms with Crippen LogP contribution in [0.2, 0.25) is 0 Å². The van der Waals surface area contributed by atoms with Gasteiger partial charge in [0.1, 0.15) is 0 Å². The Kier molecular flexibility index (Phi) is 3.56. The van der Waals surface area contributed by atoms with Gasteiger partial charge in [0.05, 0.1) is 17.3 Å². The van der Waals surface area contributed by atoms with Gasteiger partial charge in [-0.1, -0.05) is 0 Å². The Labute approximate surface area is 125 Å². The highest BCUT2D eigenvalue weighted by molar-refractivity contribution is 5.77. The Hall–Kier alpha value is -1.36.